The van der Waals surface area contributed by atoms with Gasteiger partial charge in [-0.1, -0.05) is 31.7 Å². The Bertz CT molecular complexity index is 672. The molecule has 1 N–H and O–H groups in total. The molecule has 0 bridgehead atoms. The number of imidazole rings is 1. The monoisotopic (exact) mass is 317 g/mol. The van der Waals surface area contributed by atoms with E-state index in [2.05, 4.69) is 42.9 Å². The maximum Gasteiger partial charge on any atom is 0.233 e. The number of likely N-dealkylation sites (tertiary alicyclic amines) is 1. The highest BCUT2D eigenvalue weighted by atomic mass is 32.2. The summed E-state index contributed by atoms with van der Waals surface area (Å²) in [5.74, 6) is 1.89. The molecule has 1 aromatic heterocycles. The fraction of sp³-hybridized carbons (Fsp3) is 0.529. The molecular weight excluding hydrogens is 294 g/mol. The summed E-state index contributed by atoms with van der Waals surface area (Å²) in [5.41, 5.74) is 3.20. The lowest BCUT2D eigenvalue weighted by atomic mass is 9.92. The van der Waals surface area contributed by atoms with Gasteiger partial charge >= 0.3 is 0 Å². The third-order valence-corrected chi connectivity index (χ3v) is 5.03. The van der Waals surface area contributed by atoms with E-state index in [1.165, 1.54) is 23.7 Å². The number of carbonyl (C=O) groups excluding carboxylic acids is 1. The molecule has 4 nitrogen and oxygen atoms in total. The van der Waals surface area contributed by atoms with Crippen LogP contribution in [0.25, 0.3) is 11.0 Å². The van der Waals surface area contributed by atoms with Crippen LogP contribution in [-0.4, -0.2) is 39.6 Å². The topological polar surface area (TPSA) is 49.0 Å². The quantitative estimate of drug-likeness (QED) is 0.882. The van der Waals surface area contributed by atoms with Gasteiger partial charge in [0.05, 0.1) is 16.8 Å². The Labute approximate surface area is 135 Å². The van der Waals surface area contributed by atoms with Crippen molar-refractivity contribution in [3.05, 3.63) is 23.8 Å². The van der Waals surface area contributed by atoms with Crippen LogP contribution in [-0.2, 0) is 4.79 Å². The van der Waals surface area contributed by atoms with Crippen molar-refractivity contribution in [1.82, 2.24) is 14.9 Å². The molecule has 0 aliphatic carbocycles. The van der Waals surface area contributed by atoms with Gasteiger partial charge in [0.25, 0.3) is 0 Å². The molecule has 2 heterocycles. The first-order valence-electron chi connectivity index (χ1n) is 7.88. The molecule has 5 heteroatoms. The summed E-state index contributed by atoms with van der Waals surface area (Å²) in [4.78, 5) is 22.2. The van der Waals surface area contributed by atoms with E-state index in [0.717, 1.165) is 29.3 Å². The van der Waals surface area contributed by atoms with Gasteiger partial charge in [-0.05, 0) is 42.9 Å². The summed E-state index contributed by atoms with van der Waals surface area (Å²) in [6.07, 6.45) is 1.22. The lowest BCUT2D eigenvalue weighted by molar-refractivity contribution is -0.130. The highest BCUT2D eigenvalue weighted by molar-refractivity contribution is 7.99. The number of H-pyrrole nitrogens is 1. The second-order valence-corrected chi connectivity index (χ2v) is 7.56. The second kappa shape index (κ2) is 6.32. The van der Waals surface area contributed by atoms with Crippen LogP contribution in [0.2, 0.25) is 0 Å². The highest BCUT2D eigenvalue weighted by Crippen LogP contribution is 2.24. The van der Waals surface area contributed by atoms with Gasteiger partial charge in [-0.15, -0.1) is 0 Å². The average molecular weight is 317 g/mol. The number of nitrogens with zero attached hydrogens (tertiary/aromatic N) is 2. The largest absolute Gasteiger partial charge is 0.341 e. The van der Waals surface area contributed by atoms with Crippen molar-refractivity contribution in [3.8, 4) is 0 Å². The molecule has 2 atom stereocenters. The molecular formula is C17H23N3OS. The molecule has 118 valence electrons. The zero-order valence-electron chi connectivity index (χ0n) is 13.4. The summed E-state index contributed by atoms with van der Waals surface area (Å²) < 4.78 is 0. The molecule has 1 fully saturated rings. The first kappa shape index (κ1) is 15.4. The Kier molecular flexibility index (Phi) is 4.43. The van der Waals surface area contributed by atoms with Gasteiger partial charge in [-0.25, -0.2) is 4.98 Å². The van der Waals surface area contributed by atoms with Crippen LogP contribution in [0, 0.1) is 18.8 Å². The van der Waals surface area contributed by atoms with E-state index in [9.17, 15) is 4.79 Å². The number of carbonyl (C=O) groups is 1. The molecule has 0 radical (unpaired) electrons. The zero-order chi connectivity index (χ0) is 15.7. The number of fused-ring (bicyclic) bond motifs is 1. The van der Waals surface area contributed by atoms with Crippen molar-refractivity contribution < 1.29 is 4.79 Å². The summed E-state index contributed by atoms with van der Waals surface area (Å²) in [6.45, 7) is 8.30. The molecule has 1 saturated heterocycles. The normalized spacial score (nSPS) is 22.2. The first-order valence-corrected chi connectivity index (χ1v) is 8.87. The Balaban J connectivity index is 1.62. The third-order valence-electron chi connectivity index (χ3n) is 4.17. The van der Waals surface area contributed by atoms with Crippen LogP contribution in [0.15, 0.2) is 23.4 Å². The third kappa shape index (κ3) is 3.46. The van der Waals surface area contributed by atoms with Gasteiger partial charge in [-0.3, -0.25) is 4.79 Å². The molecule has 0 saturated carbocycles. The molecule has 3 rings (SSSR count). The standard InChI is InChI=1S/C17H23N3OS/c1-11-4-5-14-15(7-11)19-17(18-14)22-10-16(21)20-8-12(2)6-13(3)9-20/h4-5,7,12-13H,6,8-10H2,1-3H3,(H,18,19). The van der Waals surface area contributed by atoms with Crippen LogP contribution in [0.5, 0.6) is 0 Å². The van der Waals surface area contributed by atoms with E-state index in [4.69, 9.17) is 0 Å². The number of benzene rings is 1. The first-order chi connectivity index (χ1) is 10.5. The Morgan fingerprint density at radius 3 is 2.82 bits per heavy atom. The summed E-state index contributed by atoms with van der Waals surface area (Å²) in [7, 11) is 0. The van der Waals surface area contributed by atoms with Crippen LogP contribution in [0.4, 0.5) is 0 Å². The van der Waals surface area contributed by atoms with Crippen molar-refractivity contribution >= 4 is 28.7 Å². The minimum atomic E-state index is 0.222. The van der Waals surface area contributed by atoms with Crippen molar-refractivity contribution in [2.45, 2.75) is 32.3 Å². The predicted octanol–water partition coefficient (Wildman–Crippen LogP) is 3.47. The van der Waals surface area contributed by atoms with E-state index >= 15 is 0 Å². The van der Waals surface area contributed by atoms with Crippen molar-refractivity contribution in [2.75, 3.05) is 18.8 Å². The molecule has 1 aromatic carbocycles. The second-order valence-electron chi connectivity index (χ2n) is 6.60. The molecule has 1 aliphatic heterocycles. The minimum Gasteiger partial charge on any atom is -0.341 e. The predicted molar refractivity (Wildman–Crippen MR) is 91.1 cm³/mol. The van der Waals surface area contributed by atoms with E-state index in [1.807, 2.05) is 11.0 Å². The highest BCUT2D eigenvalue weighted by Gasteiger charge is 2.25. The Hall–Kier alpha value is -1.49. The van der Waals surface area contributed by atoms with E-state index < -0.39 is 0 Å². The Morgan fingerprint density at radius 1 is 1.36 bits per heavy atom. The lowest BCUT2D eigenvalue weighted by Crippen LogP contribution is -2.43. The number of rotatable bonds is 3. The van der Waals surface area contributed by atoms with E-state index in [0.29, 0.717) is 17.6 Å². The summed E-state index contributed by atoms with van der Waals surface area (Å²) >= 11 is 1.50. The van der Waals surface area contributed by atoms with Crippen molar-refractivity contribution in [1.29, 1.82) is 0 Å². The van der Waals surface area contributed by atoms with Gasteiger partial charge < -0.3 is 9.88 Å². The molecule has 0 spiro atoms. The molecule has 2 aromatic rings. The summed E-state index contributed by atoms with van der Waals surface area (Å²) in [5, 5.41) is 0.826. The number of aryl methyl sites for hydroxylation is 1. The zero-order valence-corrected chi connectivity index (χ0v) is 14.2. The number of hydrogen-bond acceptors (Lipinski definition) is 3. The van der Waals surface area contributed by atoms with Gasteiger partial charge in [0.2, 0.25) is 5.91 Å². The number of amides is 1. The molecule has 2 unspecified atom stereocenters. The van der Waals surface area contributed by atoms with Crippen LogP contribution in [0.1, 0.15) is 25.8 Å². The van der Waals surface area contributed by atoms with Gasteiger partial charge in [0.1, 0.15) is 0 Å². The van der Waals surface area contributed by atoms with Crippen molar-refractivity contribution in [2.24, 2.45) is 11.8 Å². The fourth-order valence-corrected chi connectivity index (χ4v) is 4.04. The smallest absolute Gasteiger partial charge is 0.233 e. The van der Waals surface area contributed by atoms with Crippen LogP contribution >= 0.6 is 11.8 Å². The van der Waals surface area contributed by atoms with E-state index in [1.54, 1.807) is 0 Å². The van der Waals surface area contributed by atoms with E-state index in [-0.39, 0.29) is 5.91 Å². The molecule has 22 heavy (non-hydrogen) atoms. The maximum atomic E-state index is 12.4. The number of hydrogen-bond donors (Lipinski definition) is 1. The number of nitrogens with one attached hydrogen (secondary N) is 1. The number of thioether (sulfide) groups is 1. The van der Waals surface area contributed by atoms with Gasteiger partial charge in [0, 0.05) is 13.1 Å². The van der Waals surface area contributed by atoms with Gasteiger partial charge in [0.15, 0.2) is 5.16 Å². The maximum absolute atomic E-state index is 12.4. The SMILES string of the molecule is Cc1ccc2nc(SCC(=O)N3CC(C)CC(C)C3)[nH]c2c1. The van der Waals surface area contributed by atoms with Gasteiger partial charge in [-0.2, -0.15) is 0 Å². The van der Waals surface area contributed by atoms with Crippen molar-refractivity contribution in [3.63, 3.8) is 0 Å². The Morgan fingerprint density at radius 2 is 2.09 bits per heavy atom. The lowest BCUT2D eigenvalue weighted by Gasteiger charge is -2.34. The number of aromatic amines is 1. The number of aromatic nitrogens is 2. The minimum absolute atomic E-state index is 0.222. The summed E-state index contributed by atoms with van der Waals surface area (Å²) in [6, 6.07) is 6.16. The average Bonchev–Trinajstić information content (AvgIpc) is 2.85. The van der Waals surface area contributed by atoms with Crippen LogP contribution < -0.4 is 0 Å². The molecule has 1 aliphatic rings. The fourth-order valence-electron chi connectivity index (χ4n) is 3.26. The number of piperidine rings is 1. The van der Waals surface area contributed by atoms with Crippen LogP contribution in [0.3, 0.4) is 0 Å². The molecule has 1 amide bonds.